The number of hydrogen-bond donors (Lipinski definition) is 0. The zero-order valence-corrected chi connectivity index (χ0v) is 18.4. The molecule has 0 N–H and O–H groups in total. The molecule has 8 heteroatoms. The Morgan fingerprint density at radius 2 is 2.00 bits per heavy atom. The van der Waals surface area contributed by atoms with Crippen molar-refractivity contribution in [3.63, 3.8) is 0 Å². The molecule has 3 aliphatic rings. The number of ketones is 1. The van der Waals surface area contributed by atoms with E-state index >= 15 is 0 Å². The highest BCUT2D eigenvalue weighted by atomic mass is 16.5. The van der Waals surface area contributed by atoms with Gasteiger partial charge in [-0.1, -0.05) is 0 Å². The number of amides is 2. The number of nitrogens with zero attached hydrogens (tertiary/aromatic N) is 2. The van der Waals surface area contributed by atoms with Gasteiger partial charge >= 0.3 is 0 Å². The molecule has 2 atom stereocenters. The molecule has 4 rings (SSSR count). The second-order valence-corrected chi connectivity index (χ2v) is 8.82. The molecule has 168 valence electrons. The number of carbonyl (C=O) groups excluding carboxylic acids is 3. The highest BCUT2D eigenvalue weighted by Crippen LogP contribution is 2.41. The van der Waals surface area contributed by atoms with E-state index in [0.717, 1.165) is 0 Å². The van der Waals surface area contributed by atoms with Crippen LogP contribution < -0.4 is 9.47 Å². The van der Waals surface area contributed by atoms with Crippen LogP contribution in [0.15, 0.2) is 18.2 Å². The van der Waals surface area contributed by atoms with Crippen molar-refractivity contribution in [3.8, 4) is 11.5 Å². The van der Waals surface area contributed by atoms with Gasteiger partial charge in [-0.2, -0.15) is 0 Å². The maximum atomic E-state index is 13.1. The standard InChI is InChI=1S/C23H30N2O6/c1-15(14-29-2)25-13-16(10-21(25)27)22(28)24-8-6-23(7-9-24)12-19(26)18-5-4-17(30-3)11-20(18)31-23/h4-5,11,15-16H,6-10,12-14H2,1-3H3/t15-,16-/m0/s1. The summed E-state index contributed by atoms with van der Waals surface area (Å²) in [6, 6.07) is 5.22. The predicted molar refractivity (Wildman–Crippen MR) is 112 cm³/mol. The number of hydrogen-bond acceptors (Lipinski definition) is 6. The van der Waals surface area contributed by atoms with Crippen LogP contribution in [-0.4, -0.2) is 79.5 Å². The Bertz CT molecular complexity index is 877. The second kappa shape index (κ2) is 8.49. The van der Waals surface area contributed by atoms with Gasteiger partial charge in [0.25, 0.3) is 0 Å². The average molecular weight is 431 g/mol. The molecule has 2 saturated heterocycles. The summed E-state index contributed by atoms with van der Waals surface area (Å²) in [6.45, 7) is 3.86. The van der Waals surface area contributed by atoms with Crippen LogP contribution in [0.2, 0.25) is 0 Å². The first-order valence-corrected chi connectivity index (χ1v) is 10.8. The van der Waals surface area contributed by atoms with Crippen LogP contribution >= 0.6 is 0 Å². The number of likely N-dealkylation sites (tertiary alicyclic amines) is 2. The minimum Gasteiger partial charge on any atom is -0.497 e. The van der Waals surface area contributed by atoms with Crippen molar-refractivity contribution in [2.45, 2.75) is 44.2 Å². The van der Waals surface area contributed by atoms with Crippen LogP contribution in [0.1, 0.15) is 43.0 Å². The fraction of sp³-hybridized carbons (Fsp3) is 0.609. The van der Waals surface area contributed by atoms with Crippen molar-refractivity contribution in [2.75, 3.05) is 40.5 Å². The quantitative estimate of drug-likeness (QED) is 0.709. The van der Waals surface area contributed by atoms with Gasteiger partial charge in [-0.15, -0.1) is 0 Å². The Morgan fingerprint density at radius 3 is 2.68 bits per heavy atom. The molecule has 3 heterocycles. The molecule has 0 saturated carbocycles. The lowest BCUT2D eigenvalue weighted by Gasteiger charge is -2.44. The third kappa shape index (κ3) is 4.13. The minimum absolute atomic E-state index is 0.00291. The molecule has 0 unspecified atom stereocenters. The van der Waals surface area contributed by atoms with Crippen LogP contribution in [0.3, 0.4) is 0 Å². The van der Waals surface area contributed by atoms with E-state index in [4.69, 9.17) is 14.2 Å². The van der Waals surface area contributed by atoms with Crippen LogP contribution in [-0.2, 0) is 14.3 Å². The summed E-state index contributed by atoms with van der Waals surface area (Å²) in [5.74, 6) is 0.962. The molecule has 0 radical (unpaired) electrons. The Morgan fingerprint density at radius 1 is 1.26 bits per heavy atom. The lowest BCUT2D eigenvalue weighted by Crippen LogP contribution is -2.53. The zero-order chi connectivity index (χ0) is 22.2. The number of methoxy groups -OCH3 is 2. The van der Waals surface area contributed by atoms with Crippen molar-refractivity contribution >= 4 is 17.6 Å². The zero-order valence-electron chi connectivity index (χ0n) is 18.4. The molecule has 0 aromatic heterocycles. The third-order valence-corrected chi connectivity index (χ3v) is 6.73. The van der Waals surface area contributed by atoms with Gasteiger partial charge in [0.1, 0.15) is 17.1 Å². The van der Waals surface area contributed by atoms with Crippen LogP contribution in [0.5, 0.6) is 11.5 Å². The Labute approximate surface area is 182 Å². The fourth-order valence-electron chi connectivity index (χ4n) is 4.93. The van der Waals surface area contributed by atoms with E-state index < -0.39 is 5.60 Å². The highest BCUT2D eigenvalue weighted by molar-refractivity contribution is 6.00. The van der Waals surface area contributed by atoms with Gasteiger partial charge in [0, 0.05) is 52.1 Å². The van der Waals surface area contributed by atoms with Crippen LogP contribution in [0, 0.1) is 5.92 Å². The van der Waals surface area contributed by atoms with Gasteiger partial charge in [-0.05, 0) is 19.1 Å². The number of benzene rings is 1. The molecule has 1 aromatic carbocycles. The SMILES string of the molecule is COC[C@H](C)N1C[C@@H](C(=O)N2CCC3(CC2)CC(=O)c2ccc(OC)cc2O3)CC1=O. The summed E-state index contributed by atoms with van der Waals surface area (Å²) in [5.41, 5.74) is -0.00255. The topological polar surface area (TPSA) is 85.4 Å². The number of carbonyl (C=O) groups is 3. The van der Waals surface area contributed by atoms with E-state index in [0.29, 0.717) is 62.6 Å². The first-order valence-electron chi connectivity index (χ1n) is 10.8. The molecular weight excluding hydrogens is 400 g/mol. The summed E-state index contributed by atoms with van der Waals surface area (Å²) in [5, 5.41) is 0. The number of rotatable bonds is 5. The fourth-order valence-corrected chi connectivity index (χ4v) is 4.93. The molecular formula is C23H30N2O6. The van der Waals surface area contributed by atoms with E-state index in [2.05, 4.69) is 0 Å². The third-order valence-electron chi connectivity index (χ3n) is 6.73. The van der Waals surface area contributed by atoms with E-state index in [9.17, 15) is 14.4 Å². The summed E-state index contributed by atoms with van der Waals surface area (Å²) in [6.07, 6.45) is 1.74. The highest BCUT2D eigenvalue weighted by Gasteiger charge is 2.45. The molecule has 8 nitrogen and oxygen atoms in total. The molecule has 1 spiro atoms. The molecule has 3 aliphatic heterocycles. The first-order chi connectivity index (χ1) is 14.9. The smallest absolute Gasteiger partial charge is 0.227 e. The van der Waals surface area contributed by atoms with E-state index in [-0.39, 0.29) is 36.0 Å². The van der Waals surface area contributed by atoms with Crippen LogP contribution in [0.25, 0.3) is 0 Å². The van der Waals surface area contributed by atoms with Crippen molar-refractivity contribution in [2.24, 2.45) is 5.92 Å². The maximum Gasteiger partial charge on any atom is 0.227 e. The average Bonchev–Trinajstić information content (AvgIpc) is 3.15. The van der Waals surface area contributed by atoms with Crippen molar-refractivity contribution < 1.29 is 28.6 Å². The van der Waals surface area contributed by atoms with Gasteiger partial charge in [0.2, 0.25) is 11.8 Å². The van der Waals surface area contributed by atoms with Crippen molar-refractivity contribution in [1.82, 2.24) is 9.80 Å². The van der Waals surface area contributed by atoms with E-state index in [1.165, 1.54) is 0 Å². The molecule has 1 aromatic rings. The van der Waals surface area contributed by atoms with Gasteiger partial charge in [-0.3, -0.25) is 14.4 Å². The number of Topliss-reactive ketones (excluding diaryl/α,β-unsaturated/α-hetero) is 1. The molecule has 2 fully saturated rings. The summed E-state index contributed by atoms with van der Waals surface area (Å²) in [4.78, 5) is 41.7. The molecule has 31 heavy (non-hydrogen) atoms. The number of piperidine rings is 1. The maximum absolute atomic E-state index is 13.1. The molecule has 0 aliphatic carbocycles. The number of ether oxygens (including phenoxy) is 3. The minimum atomic E-state index is -0.586. The largest absolute Gasteiger partial charge is 0.497 e. The van der Waals surface area contributed by atoms with Gasteiger partial charge in [0.05, 0.1) is 37.7 Å². The second-order valence-electron chi connectivity index (χ2n) is 8.82. The summed E-state index contributed by atoms with van der Waals surface area (Å²) in [7, 11) is 3.19. The number of fused-ring (bicyclic) bond motifs is 1. The molecule has 0 bridgehead atoms. The Balaban J connectivity index is 1.39. The van der Waals surface area contributed by atoms with Crippen molar-refractivity contribution in [3.05, 3.63) is 23.8 Å². The summed E-state index contributed by atoms with van der Waals surface area (Å²) >= 11 is 0. The van der Waals surface area contributed by atoms with Gasteiger partial charge in [0.15, 0.2) is 5.78 Å². The predicted octanol–water partition coefficient (Wildman–Crippen LogP) is 1.90. The normalized spacial score (nSPS) is 23.5. The van der Waals surface area contributed by atoms with Crippen LogP contribution in [0.4, 0.5) is 0 Å². The van der Waals surface area contributed by atoms with Gasteiger partial charge < -0.3 is 24.0 Å². The van der Waals surface area contributed by atoms with E-state index in [1.807, 2.05) is 11.8 Å². The van der Waals surface area contributed by atoms with Gasteiger partial charge in [-0.25, -0.2) is 0 Å². The van der Waals surface area contributed by atoms with E-state index in [1.54, 1.807) is 37.3 Å². The first kappa shape index (κ1) is 21.6. The monoisotopic (exact) mass is 430 g/mol. The van der Waals surface area contributed by atoms with Crippen molar-refractivity contribution in [1.29, 1.82) is 0 Å². The Hall–Kier alpha value is -2.61. The Kier molecular flexibility index (Phi) is 5.92. The molecule has 2 amide bonds. The lowest BCUT2D eigenvalue weighted by molar-refractivity contribution is -0.139. The summed E-state index contributed by atoms with van der Waals surface area (Å²) < 4.78 is 16.7. The lowest BCUT2D eigenvalue weighted by atomic mass is 9.82.